The molecule has 7 heteroatoms. The van der Waals surface area contributed by atoms with Gasteiger partial charge in [0.25, 0.3) is 11.8 Å². The Kier molecular flexibility index (Phi) is 5.27. The number of amides is 2. The number of rotatable bonds is 4. The Morgan fingerprint density at radius 1 is 1.14 bits per heavy atom. The van der Waals surface area contributed by atoms with Crippen molar-refractivity contribution in [3.63, 3.8) is 0 Å². The van der Waals surface area contributed by atoms with Crippen LogP contribution in [0, 0.1) is 5.82 Å². The van der Waals surface area contributed by atoms with Crippen LogP contribution in [0.2, 0.25) is 0 Å². The molecule has 1 aliphatic heterocycles. The molecule has 0 spiro atoms. The van der Waals surface area contributed by atoms with Gasteiger partial charge in [-0.1, -0.05) is 36.0 Å². The number of carbonyl (C=O) groups is 2. The number of thioether (sulfide) groups is 1. The van der Waals surface area contributed by atoms with E-state index in [1.165, 1.54) is 23.9 Å². The molecule has 2 N–H and O–H groups in total. The lowest BCUT2D eigenvalue weighted by Crippen LogP contribution is -2.23. The molecule has 2 aromatic carbocycles. The van der Waals surface area contributed by atoms with Crippen LogP contribution < -0.4 is 10.6 Å². The van der Waals surface area contributed by atoms with Gasteiger partial charge in [0, 0.05) is 20.9 Å². The van der Waals surface area contributed by atoms with E-state index in [2.05, 4.69) is 10.6 Å². The summed E-state index contributed by atoms with van der Waals surface area (Å²) >= 11 is 2.83. The van der Waals surface area contributed by atoms with Crippen LogP contribution in [0.3, 0.4) is 0 Å². The monoisotopic (exact) mass is 410 g/mol. The molecule has 3 aromatic rings. The maximum absolute atomic E-state index is 13.9. The number of hydrogen-bond acceptors (Lipinski definition) is 4. The van der Waals surface area contributed by atoms with E-state index in [0.717, 1.165) is 9.77 Å². The Morgan fingerprint density at radius 2 is 2.00 bits per heavy atom. The lowest BCUT2D eigenvalue weighted by molar-refractivity contribution is -0.112. The Labute approximate surface area is 169 Å². The highest BCUT2D eigenvalue weighted by molar-refractivity contribution is 8.04. The normalized spacial score (nSPS) is 14.5. The van der Waals surface area contributed by atoms with Crippen molar-refractivity contribution in [3.05, 3.63) is 86.7 Å². The fourth-order valence-corrected chi connectivity index (χ4v) is 4.28. The summed E-state index contributed by atoms with van der Waals surface area (Å²) in [4.78, 5) is 27.1. The number of benzene rings is 2. The molecule has 2 heterocycles. The van der Waals surface area contributed by atoms with E-state index in [1.54, 1.807) is 47.7 Å². The van der Waals surface area contributed by atoms with Crippen molar-refractivity contribution in [3.8, 4) is 0 Å². The van der Waals surface area contributed by atoms with Gasteiger partial charge in [0.15, 0.2) is 0 Å². The third-order valence-electron chi connectivity index (χ3n) is 4.13. The highest BCUT2D eigenvalue weighted by Crippen LogP contribution is 2.39. The summed E-state index contributed by atoms with van der Waals surface area (Å²) < 4.78 is 13.9. The molecule has 0 unspecified atom stereocenters. The van der Waals surface area contributed by atoms with Gasteiger partial charge >= 0.3 is 0 Å². The van der Waals surface area contributed by atoms with Gasteiger partial charge in [0.05, 0.1) is 17.1 Å². The minimum atomic E-state index is -0.382. The zero-order chi connectivity index (χ0) is 19.5. The summed E-state index contributed by atoms with van der Waals surface area (Å²) in [6, 6.07) is 15.3. The van der Waals surface area contributed by atoms with Crippen molar-refractivity contribution in [1.29, 1.82) is 0 Å². The first-order chi connectivity index (χ1) is 13.6. The van der Waals surface area contributed by atoms with E-state index in [4.69, 9.17) is 0 Å². The maximum Gasteiger partial charge on any atom is 0.262 e. The summed E-state index contributed by atoms with van der Waals surface area (Å²) in [6.07, 6.45) is 1.53. The molecule has 0 aliphatic carbocycles. The molecule has 0 bridgehead atoms. The van der Waals surface area contributed by atoms with Crippen LogP contribution in [-0.4, -0.2) is 11.8 Å². The third-order valence-corrected chi connectivity index (χ3v) is 6.10. The first-order valence-electron chi connectivity index (χ1n) is 8.50. The van der Waals surface area contributed by atoms with Crippen LogP contribution in [0.15, 0.2) is 69.8 Å². The molecule has 4 rings (SSSR count). The van der Waals surface area contributed by atoms with Gasteiger partial charge in [0.1, 0.15) is 5.82 Å². The van der Waals surface area contributed by atoms with Crippen LogP contribution in [0.4, 0.5) is 10.1 Å². The van der Waals surface area contributed by atoms with Crippen LogP contribution in [0.5, 0.6) is 0 Å². The number of halogens is 1. The first kappa shape index (κ1) is 18.5. The molecule has 0 fully saturated rings. The second-order valence-electron chi connectivity index (χ2n) is 6.06. The smallest absolute Gasteiger partial charge is 0.262 e. The van der Waals surface area contributed by atoms with Gasteiger partial charge in [-0.05, 0) is 41.8 Å². The van der Waals surface area contributed by atoms with Crippen molar-refractivity contribution in [2.45, 2.75) is 11.4 Å². The Balaban J connectivity index is 1.52. The lowest BCUT2D eigenvalue weighted by atomic mass is 10.1. The van der Waals surface area contributed by atoms with Crippen LogP contribution >= 0.6 is 23.1 Å². The van der Waals surface area contributed by atoms with E-state index in [9.17, 15) is 14.0 Å². The third kappa shape index (κ3) is 4.00. The summed E-state index contributed by atoms with van der Waals surface area (Å²) in [5.41, 5.74) is 1.40. The Hall–Kier alpha value is -2.90. The van der Waals surface area contributed by atoms with Crippen molar-refractivity contribution in [1.82, 2.24) is 5.32 Å². The van der Waals surface area contributed by atoms with E-state index >= 15 is 0 Å². The van der Waals surface area contributed by atoms with Gasteiger partial charge in [-0.3, -0.25) is 9.59 Å². The molecular weight excluding hydrogens is 395 g/mol. The highest BCUT2D eigenvalue weighted by atomic mass is 32.2. The molecule has 4 nitrogen and oxygen atoms in total. The number of hydrogen-bond donors (Lipinski definition) is 2. The van der Waals surface area contributed by atoms with Gasteiger partial charge < -0.3 is 10.6 Å². The Morgan fingerprint density at radius 3 is 2.79 bits per heavy atom. The number of fused-ring (bicyclic) bond motifs is 1. The van der Waals surface area contributed by atoms with Crippen LogP contribution in [0.25, 0.3) is 6.08 Å². The molecule has 28 heavy (non-hydrogen) atoms. The molecule has 1 aliphatic rings. The fourth-order valence-electron chi connectivity index (χ4n) is 2.72. The first-order valence-corrected chi connectivity index (χ1v) is 10.2. The van der Waals surface area contributed by atoms with Gasteiger partial charge in [0.2, 0.25) is 0 Å². The molecule has 0 saturated carbocycles. The second kappa shape index (κ2) is 8.00. The molecule has 0 atom stereocenters. The van der Waals surface area contributed by atoms with E-state index in [-0.39, 0.29) is 17.6 Å². The molecule has 140 valence electrons. The molecule has 1 aromatic heterocycles. The molecule has 0 radical (unpaired) electrons. The predicted octanol–water partition coefficient (Wildman–Crippen LogP) is 4.90. The lowest BCUT2D eigenvalue weighted by Gasteiger charge is -2.19. The number of carbonyl (C=O) groups excluding carboxylic acids is 2. The predicted molar refractivity (Wildman–Crippen MR) is 111 cm³/mol. The minimum absolute atomic E-state index is 0.205. The largest absolute Gasteiger partial charge is 0.347 e. The summed E-state index contributed by atoms with van der Waals surface area (Å²) in [5.74, 6) is -0.910. The molecule has 0 saturated heterocycles. The summed E-state index contributed by atoms with van der Waals surface area (Å²) in [7, 11) is 0. The van der Waals surface area contributed by atoms with E-state index in [0.29, 0.717) is 28.3 Å². The topological polar surface area (TPSA) is 58.2 Å². The van der Waals surface area contributed by atoms with Crippen molar-refractivity contribution in [2.24, 2.45) is 0 Å². The van der Waals surface area contributed by atoms with Crippen LogP contribution in [-0.2, 0) is 11.3 Å². The number of thiophene rings is 1. The average molecular weight is 410 g/mol. The number of anilines is 1. The Bertz CT molecular complexity index is 1080. The SMILES string of the molecule is O=C1Nc2cc(C(=O)NCc3cccs3)ccc2S/C1=C/c1ccccc1F. The molecule has 2 amide bonds. The summed E-state index contributed by atoms with van der Waals surface area (Å²) in [5, 5.41) is 7.61. The van der Waals surface area contributed by atoms with E-state index in [1.807, 2.05) is 17.5 Å². The van der Waals surface area contributed by atoms with Gasteiger partial charge in [-0.15, -0.1) is 11.3 Å². The second-order valence-corrected chi connectivity index (χ2v) is 8.18. The fraction of sp³-hybridized carbons (Fsp3) is 0.0476. The van der Waals surface area contributed by atoms with Gasteiger partial charge in [-0.25, -0.2) is 4.39 Å². The van der Waals surface area contributed by atoms with Crippen molar-refractivity contribution < 1.29 is 14.0 Å². The number of nitrogens with one attached hydrogen (secondary N) is 2. The molecular formula is C21H15FN2O2S2. The van der Waals surface area contributed by atoms with Crippen molar-refractivity contribution >= 4 is 46.7 Å². The highest BCUT2D eigenvalue weighted by Gasteiger charge is 2.22. The van der Waals surface area contributed by atoms with E-state index < -0.39 is 0 Å². The quantitative estimate of drug-likeness (QED) is 0.602. The maximum atomic E-state index is 13.9. The summed E-state index contributed by atoms with van der Waals surface area (Å²) in [6.45, 7) is 0.463. The van der Waals surface area contributed by atoms with Crippen molar-refractivity contribution in [2.75, 3.05) is 5.32 Å². The average Bonchev–Trinajstić information content (AvgIpc) is 3.21. The zero-order valence-electron chi connectivity index (χ0n) is 14.6. The standard InChI is InChI=1S/C21H15FN2O2S2/c22-16-6-2-1-4-13(16)11-19-21(26)24-17-10-14(7-8-18(17)28-19)20(25)23-12-15-5-3-9-27-15/h1-11H,12H2,(H,23,25)(H,24,26)/b19-11+. The van der Waals surface area contributed by atoms with Crippen LogP contribution in [0.1, 0.15) is 20.8 Å². The zero-order valence-corrected chi connectivity index (χ0v) is 16.2. The minimum Gasteiger partial charge on any atom is -0.347 e. The van der Waals surface area contributed by atoms with Gasteiger partial charge in [-0.2, -0.15) is 0 Å².